The third-order valence-electron chi connectivity index (χ3n) is 17.3. The Kier molecular flexibility index (Phi) is 58.3. The molecule has 0 aromatic rings. The summed E-state index contributed by atoms with van der Waals surface area (Å²) < 4.78 is 82.2. The molecule has 8 saturated heterocycles. The maximum Gasteiger partial charge on any atom is 0.508 e. The smallest absolute Gasteiger partial charge is 0.466 e. The molecule has 11 fully saturated rings. The second kappa shape index (κ2) is 64.1. The fourth-order valence-corrected chi connectivity index (χ4v) is 10.0. The third-order valence-corrected chi connectivity index (χ3v) is 17.3. The van der Waals surface area contributed by atoms with Gasteiger partial charge in [0.25, 0.3) is 0 Å². The molecule has 0 bridgehead atoms. The van der Waals surface area contributed by atoms with Crippen LogP contribution in [0.4, 0.5) is 9.59 Å². The number of allylic oxidation sites excluding steroid dienone is 4. The molecule has 0 amide bonds. The molecule has 11 rings (SSSR count). The van der Waals surface area contributed by atoms with Gasteiger partial charge in [0, 0.05) is 88.6 Å². The van der Waals surface area contributed by atoms with Crippen molar-refractivity contribution in [2.75, 3.05) is 119 Å². The maximum absolute atomic E-state index is 11.4. The second-order valence-corrected chi connectivity index (χ2v) is 27.7. The molecule has 638 valence electrons. The van der Waals surface area contributed by atoms with Crippen molar-refractivity contribution in [1.29, 1.82) is 0 Å². The lowest BCUT2D eigenvalue weighted by Crippen LogP contribution is -2.44. The molecule has 0 radical (unpaired) electrons. The van der Waals surface area contributed by atoms with Crippen molar-refractivity contribution < 1.29 is 138 Å². The SMILES string of the molecule is C#CCC1CCCCC1=O.C=CC1CCCCC1=O.C=CCC1CCCCC1=O.C=CCCC(=O)OCC1CO1.C=CCCC(=O)OCCC1CO1.C=CCOC(=O)C1(C)COC(=O)OC1.C=CCOCC1CO1.CCOC(=O)C1(C)COC(=O)OC1.CCOC(C)OCC1CO1.O=C1CCCCO1.O=C1CCOC(=O)CC1. The van der Waals surface area contributed by atoms with Crippen molar-refractivity contribution >= 4 is 71.3 Å². The predicted octanol–water partition coefficient (Wildman–Crippen LogP) is 12.2. The lowest BCUT2D eigenvalue weighted by Gasteiger charge is -2.29. The van der Waals surface area contributed by atoms with E-state index in [1.54, 1.807) is 45.1 Å². The van der Waals surface area contributed by atoms with Crippen LogP contribution in [0.5, 0.6) is 0 Å². The molecule has 3 aliphatic carbocycles. The highest BCUT2D eigenvalue weighted by Crippen LogP contribution is 2.27. The van der Waals surface area contributed by atoms with Gasteiger partial charge in [-0.15, -0.1) is 45.2 Å². The van der Waals surface area contributed by atoms with Crippen LogP contribution in [0.25, 0.3) is 0 Å². The number of hydrogen-bond donors (Lipinski definition) is 0. The van der Waals surface area contributed by atoms with Crippen LogP contribution in [0.1, 0.15) is 195 Å². The highest BCUT2D eigenvalue weighted by Gasteiger charge is 2.43. The number of Topliss-reactive ketones (excluding diaryl/α,β-unsaturated/α-hetero) is 4. The molecule has 8 heterocycles. The first kappa shape index (κ1) is 103. The second-order valence-electron chi connectivity index (χ2n) is 27.7. The number of rotatable bonds is 29. The number of epoxide rings is 4. The summed E-state index contributed by atoms with van der Waals surface area (Å²) in [5.41, 5.74) is -1.76. The predicted molar refractivity (Wildman–Crippen MR) is 415 cm³/mol. The molecular weight excluding hydrogens is 1470 g/mol. The fourth-order valence-electron chi connectivity index (χ4n) is 10.0. The van der Waals surface area contributed by atoms with Crippen LogP contribution in [0.2, 0.25) is 0 Å². The zero-order valence-corrected chi connectivity index (χ0v) is 67.6. The van der Waals surface area contributed by atoms with E-state index in [0.29, 0.717) is 139 Å². The average molecular weight is 1600 g/mol. The van der Waals surface area contributed by atoms with E-state index >= 15 is 0 Å². The number of cyclic esters (lactones) is 6. The van der Waals surface area contributed by atoms with E-state index in [9.17, 15) is 57.5 Å². The van der Waals surface area contributed by atoms with E-state index in [-0.39, 0.29) is 100.0 Å². The molecule has 8 aliphatic heterocycles. The van der Waals surface area contributed by atoms with Gasteiger partial charge in [0.15, 0.2) is 6.29 Å². The standard InChI is InChI=1S/C9H12O5.C9H14O3.C9H14O.C9H12O.C8H12O5.C8H12O3.C8H12O.C7H14O3.C6H8O3.C6H10O2.C5H8O2/c1-3-4-12-7(10)9(2)5-13-8(11)14-6-9;1-2-3-4-9(10)11-6-5-8-7-12-8;2*1-2-5-8-6-3-4-7-9(8)10;1-3-11-6(9)8(2)4-12-7(10)13-5-8;1-2-3-4-8(9)11-6-7-5-10-7;1-2-7-5-3-4-6-8(7)9;1-3-8-6(2)9-4-7-5-10-7;7-5-1-2-6(8)9-4-3-5;1-2-3-7-4-6-5-8-6;6-5-3-1-2-4-7-5/h3H,1,4-6H2,2H3;2,8H,1,3-7H2;2,8H,1,3-7H2;1,8H,3-7H2;3-5H2,1-2H3;2,7H,1,3-6H2;2,7H,1,3-6H2;6-7H,3-5H2,1-2H3;1-4H2;2,6H,1,3-5H2;1-4H2. The molecule has 0 N–H and O–H groups in total. The van der Waals surface area contributed by atoms with Crippen LogP contribution in [-0.4, -0.2) is 221 Å². The van der Waals surface area contributed by atoms with Gasteiger partial charge in [0.1, 0.15) is 91.9 Å². The summed E-state index contributed by atoms with van der Waals surface area (Å²) >= 11 is 0. The first-order chi connectivity index (χ1) is 54.3. The number of hydrogen-bond acceptors (Lipinski definition) is 29. The molecule has 8 atom stereocenters. The van der Waals surface area contributed by atoms with Crippen molar-refractivity contribution in [3.05, 3.63) is 75.9 Å². The van der Waals surface area contributed by atoms with Gasteiger partial charge in [0.05, 0.1) is 85.2 Å². The number of ketones is 4. The Morgan fingerprint density at radius 2 is 0.982 bits per heavy atom. The largest absolute Gasteiger partial charge is 0.508 e. The van der Waals surface area contributed by atoms with Gasteiger partial charge in [-0.2, -0.15) is 0 Å². The molecule has 29 heteroatoms. The summed E-state index contributed by atoms with van der Waals surface area (Å²) in [6, 6.07) is 0. The Bertz CT molecular complexity index is 2870. The first-order valence-electron chi connectivity index (χ1n) is 39.3. The van der Waals surface area contributed by atoms with Gasteiger partial charge in [-0.3, -0.25) is 47.9 Å². The minimum Gasteiger partial charge on any atom is -0.466 e. The van der Waals surface area contributed by atoms with E-state index in [0.717, 1.165) is 117 Å². The van der Waals surface area contributed by atoms with E-state index in [1.165, 1.54) is 25.3 Å². The van der Waals surface area contributed by atoms with Crippen molar-refractivity contribution in [2.45, 2.75) is 226 Å². The lowest BCUT2D eigenvalue weighted by atomic mass is 9.86. The molecule has 0 aromatic heterocycles. The summed E-state index contributed by atoms with van der Waals surface area (Å²) in [6.45, 7) is 38.3. The summed E-state index contributed by atoms with van der Waals surface area (Å²) in [4.78, 5) is 130. The topological polar surface area (TPSA) is 375 Å². The quantitative estimate of drug-likeness (QED) is 0.0128. The molecule has 29 nitrogen and oxygen atoms in total. The highest BCUT2D eigenvalue weighted by molar-refractivity contribution is 5.85. The van der Waals surface area contributed by atoms with Gasteiger partial charge in [-0.25, -0.2) is 9.59 Å². The Balaban J connectivity index is 0.000000624. The number of esters is 6. The summed E-state index contributed by atoms with van der Waals surface area (Å²) in [6.07, 6.45) is 35.7. The number of carbonyl (C=O) groups excluding carboxylic acids is 12. The van der Waals surface area contributed by atoms with Crippen LogP contribution < -0.4 is 0 Å². The Morgan fingerprint density at radius 1 is 0.496 bits per heavy atom. The maximum atomic E-state index is 11.4. The van der Waals surface area contributed by atoms with Crippen LogP contribution in [0.3, 0.4) is 0 Å². The van der Waals surface area contributed by atoms with Gasteiger partial charge < -0.3 is 80.5 Å². The van der Waals surface area contributed by atoms with Crippen molar-refractivity contribution in [3.8, 4) is 12.3 Å². The summed E-state index contributed by atoms with van der Waals surface area (Å²) in [5.74, 6) is 3.12. The zero-order valence-electron chi connectivity index (χ0n) is 67.6. The number of terminal acetylenes is 1. The molecule has 3 saturated carbocycles. The van der Waals surface area contributed by atoms with Crippen LogP contribution in [0, 0.1) is 40.9 Å². The zero-order chi connectivity index (χ0) is 83.9. The first-order valence-corrected chi connectivity index (χ1v) is 39.3. The average Bonchev–Trinajstić information content (AvgIpc) is 1.78. The van der Waals surface area contributed by atoms with Gasteiger partial charge in [-0.05, 0) is 105 Å². The summed E-state index contributed by atoms with van der Waals surface area (Å²) in [5, 5.41) is 0. The van der Waals surface area contributed by atoms with Crippen molar-refractivity contribution in [1.82, 2.24) is 0 Å². The van der Waals surface area contributed by atoms with Gasteiger partial charge in [-0.1, -0.05) is 62.3 Å². The van der Waals surface area contributed by atoms with Gasteiger partial charge in [0.2, 0.25) is 0 Å². The normalized spacial score (nSPS) is 22.8. The van der Waals surface area contributed by atoms with Gasteiger partial charge >= 0.3 is 48.1 Å². The molecule has 0 spiro atoms. The molecule has 8 unspecified atom stereocenters. The number of ether oxygens (including phenoxy) is 17. The van der Waals surface area contributed by atoms with Crippen molar-refractivity contribution in [3.63, 3.8) is 0 Å². The highest BCUT2D eigenvalue weighted by atomic mass is 16.7. The van der Waals surface area contributed by atoms with Crippen LogP contribution in [-0.2, 0) is 128 Å². The van der Waals surface area contributed by atoms with E-state index < -0.39 is 35.1 Å². The van der Waals surface area contributed by atoms with E-state index in [4.69, 9.17) is 58.5 Å². The fraction of sp³-hybridized carbons (Fsp3) is 0.690. The summed E-state index contributed by atoms with van der Waals surface area (Å²) in [7, 11) is 0. The minimum atomic E-state index is -0.906. The van der Waals surface area contributed by atoms with Crippen LogP contribution >= 0.6 is 0 Å². The minimum absolute atomic E-state index is 0.0121. The molecule has 11 aliphatic rings. The van der Waals surface area contributed by atoms with Crippen molar-refractivity contribution in [2.24, 2.45) is 28.6 Å². The number of carbonyl (C=O) groups is 12. The van der Waals surface area contributed by atoms with E-state index in [1.807, 2.05) is 19.9 Å². The Morgan fingerprint density at radius 3 is 1.42 bits per heavy atom. The van der Waals surface area contributed by atoms with Crippen LogP contribution in [0.15, 0.2) is 75.9 Å². The van der Waals surface area contributed by atoms with E-state index in [2.05, 4.69) is 73.8 Å². The monoisotopic (exact) mass is 1600 g/mol. The molecule has 113 heavy (non-hydrogen) atoms. The lowest BCUT2D eigenvalue weighted by molar-refractivity contribution is -0.166. The molecule has 0 aromatic carbocycles. The molecular formula is C84H128O29. The Labute approximate surface area is 668 Å². The Hall–Kier alpha value is -8.24. The third kappa shape index (κ3) is 55.8.